The Morgan fingerprint density at radius 3 is 1.68 bits per heavy atom. The van der Waals surface area contributed by atoms with Crippen molar-refractivity contribution >= 4 is 7.92 Å². The number of allylic oxidation sites excluding steroid dienone is 4. The maximum atomic E-state index is 2.43. The van der Waals surface area contributed by atoms with Gasteiger partial charge in [-0.3, -0.25) is 0 Å². The molecule has 110 valence electrons. The van der Waals surface area contributed by atoms with E-state index in [0.29, 0.717) is 16.2 Å². The SMILES string of the molecule is CN(C)CC(C1C=CC=C1)P(C(C)(C)C)C(C)(C)C. The van der Waals surface area contributed by atoms with Gasteiger partial charge in [0, 0.05) is 18.1 Å². The Balaban J connectivity index is 3.10. The van der Waals surface area contributed by atoms with Gasteiger partial charge in [0.25, 0.3) is 0 Å². The quantitative estimate of drug-likeness (QED) is 0.673. The first-order valence-electron chi connectivity index (χ1n) is 7.32. The molecule has 0 saturated heterocycles. The molecule has 2 heteroatoms. The first kappa shape index (κ1) is 16.9. The monoisotopic (exact) mass is 281 g/mol. The van der Waals surface area contributed by atoms with Gasteiger partial charge in [0.1, 0.15) is 0 Å². The molecule has 0 N–H and O–H groups in total. The summed E-state index contributed by atoms with van der Waals surface area (Å²) in [6.45, 7) is 15.7. The summed E-state index contributed by atoms with van der Waals surface area (Å²) in [7, 11) is 4.31. The Hall–Kier alpha value is -0.130. The van der Waals surface area contributed by atoms with Crippen LogP contribution in [0.1, 0.15) is 41.5 Å². The molecule has 0 aromatic heterocycles. The lowest BCUT2D eigenvalue weighted by Crippen LogP contribution is -2.39. The predicted octanol–water partition coefficient (Wildman–Crippen LogP) is 4.74. The van der Waals surface area contributed by atoms with Crippen molar-refractivity contribution in [1.29, 1.82) is 0 Å². The third-order valence-electron chi connectivity index (χ3n) is 3.55. The molecule has 0 radical (unpaired) electrons. The summed E-state index contributed by atoms with van der Waals surface area (Å²) >= 11 is 0. The minimum Gasteiger partial charge on any atom is -0.309 e. The molecule has 0 heterocycles. The van der Waals surface area contributed by atoms with Crippen molar-refractivity contribution in [2.45, 2.75) is 57.5 Å². The lowest BCUT2D eigenvalue weighted by molar-refractivity contribution is 0.388. The first-order valence-corrected chi connectivity index (χ1v) is 8.74. The predicted molar refractivity (Wildman–Crippen MR) is 90.5 cm³/mol. The van der Waals surface area contributed by atoms with E-state index in [2.05, 4.69) is 84.8 Å². The molecule has 0 amide bonds. The van der Waals surface area contributed by atoms with E-state index in [1.807, 2.05) is 0 Å². The van der Waals surface area contributed by atoms with Gasteiger partial charge in [0.15, 0.2) is 0 Å². The highest BCUT2D eigenvalue weighted by Crippen LogP contribution is 2.64. The second kappa shape index (κ2) is 6.10. The van der Waals surface area contributed by atoms with Crippen LogP contribution in [0.5, 0.6) is 0 Å². The molecule has 1 nitrogen and oxygen atoms in total. The number of nitrogens with zero attached hydrogens (tertiary/aromatic N) is 1. The largest absolute Gasteiger partial charge is 0.309 e. The maximum absolute atomic E-state index is 2.43. The van der Waals surface area contributed by atoms with Gasteiger partial charge >= 0.3 is 0 Å². The molecule has 0 fully saturated rings. The molecule has 1 rings (SSSR count). The molecule has 0 aliphatic heterocycles. The van der Waals surface area contributed by atoms with Crippen molar-refractivity contribution in [3.05, 3.63) is 24.3 Å². The van der Waals surface area contributed by atoms with Crippen LogP contribution in [-0.4, -0.2) is 41.5 Å². The molecule has 19 heavy (non-hydrogen) atoms. The highest BCUT2D eigenvalue weighted by molar-refractivity contribution is 7.61. The van der Waals surface area contributed by atoms with Crippen LogP contribution in [0.25, 0.3) is 0 Å². The van der Waals surface area contributed by atoms with E-state index in [9.17, 15) is 0 Å². The Bertz CT molecular complexity index is 315. The van der Waals surface area contributed by atoms with E-state index >= 15 is 0 Å². The Labute approximate surface area is 121 Å². The smallest absolute Gasteiger partial charge is 0.00521 e. The van der Waals surface area contributed by atoms with Crippen LogP contribution >= 0.6 is 7.92 Å². The minimum atomic E-state index is -0.0939. The van der Waals surface area contributed by atoms with E-state index < -0.39 is 0 Å². The highest BCUT2D eigenvalue weighted by atomic mass is 31.1. The van der Waals surface area contributed by atoms with Crippen molar-refractivity contribution in [1.82, 2.24) is 4.90 Å². The fourth-order valence-electron chi connectivity index (χ4n) is 3.46. The lowest BCUT2D eigenvalue weighted by Gasteiger charge is -2.48. The van der Waals surface area contributed by atoms with Crippen molar-refractivity contribution < 1.29 is 0 Å². The maximum Gasteiger partial charge on any atom is 0.00521 e. The second-order valence-electron chi connectivity index (χ2n) is 7.89. The van der Waals surface area contributed by atoms with E-state index in [-0.39, 0.29) is 7.92 Å². The zero-order chi connectivity index (χ0) is 14.8. The van der Waals surface area contributed by atoms with Gasteiger partial charge < -0.3 is 4.90 Å². The summed E-state index contributed by atoms with van der Waals surface area (Å²) < 4.78 is 0. The molecule has 0 aromatic carbocycles. The molecule has 0 bridgehead atoms. The Morgan fingerprint density at radius 1 is 0.947 bits per heavy atom. The molecule has 1 unspecified atom stereocenters. The first-order chi connectivity index (χ1) is 8.53. The van der Waals surface area contributed by atoms with Gasteiger partial charge in [-0.15, -0.1) is 0 Å². The fourth-order valence-corrected chi connectivity index (χ4v) is 8.49. The summed E-state index contributed by atoms with van der Waals surface area (Å²) in [5.41, 5.74) is 0.736. The number of hydrogen-bond acceptors (Lipinski definition) is 1. The molecule has 0 saturated carbocycles. The van der Waals surface area contributed by atoms with Crippen LogP contribution in [0.15, 0.2) is 24.3 Å². The number of rotatable bonds is 4. The van der Waals surface area contributed by atoms with Crippen LogP contribution in [-0.2, 0) is 0 Å². The van der Waals surface area contributed by atoms with E-state index in [1.54, 1.807) is 0 Å². The van der Waals surface area contributed by atoms with Crippen molar-refractivity contribution in [2.24, 2.45) is 5.92 Å². The van der Waals surface area contributed by atoms with Crippen LogP contribution < -0.4 is 0 Å². The molecular formula is C17H32NP. The summed E-state index contributed by atoms with van der Waals surface area (Å²) in [5, 5.41) is 0.775. The third-order valence-corrected chi connectivity index (χ3v) is 7.61. The average molecular weight is 281 g/mol. The third kappa shape index (κ3) is 4.72. The van der Waals surface area contributed by atoms with E-state index in [1.165, 1.54) is 6.54 Å². The van der Waals surface area contributed by atoms with Gasteiger partial charge in [-0.25, -0.2) is 0 Å². The lowest BCUT2D eigenvalue weighted by atomic mass is 10.1. The minimum absolute atomic E-state index is 0.0939. The van der Waals surface area contributed by atoms with Crippen LogP contribution in [0.4, 0.5) is 0 Å². The standard InChI is InChI=1S/C17H32NP/c1-16(2,3)19(17(4,5)6)15(13-18(7)8)14-11-9-10-12-14/h9-12,14-15H,13H2,1-8H3. The van der Waals surface area contributed by atoms with Gasteiger partial charge in [-0.05, 0) is 24.4 Å². The van der Waals surface area contributed by atoms with Crippen LogP contribution in [0, 0.1) is 5.92 Å². The summed E-state index contributed by atoms with van der Waals surface area (Å²) in [5.74, 6) is 0.618. The second-order valence-corrected chi connectivity index (χ2v) is 12.0. The van der Waals surface area contributed by atoms with Gasteiger partial charge in [0.05, 0.1) is 0 Å². The van der Waals surface area contributed by atoms with Crippen molar-refractivity contribution in [3.63, 3.8) is 0 Å². The Kier molecular flexibility index (Phi) is 5.43. The Morgan fingerprint density at radius 2 is 1.37 bits per heavy atom. The number of hydrogen-bond donors (Lipinski definition) is 0. The molecule has 1 atom stereocenters. The van der Waals surface area contributed by atoms with Gasteiger partial charge in [-0.2, -0.15) is 0 Å². The molecule has 0 aromatic rings. The van der Waals surface area contributed by atoms with Gasteiger partial charge in [-0.1, -0.05) is 73.8 Å². The summed E-state index contributed by atoms with van der Waals surface area (Å²) in [6, 6.07) is 0. The van der Waals surface area contributed by atoms with E-state index in [4.69, 9.17) is 0 Å². The molecule has 0 spiro atoms. The summed E-state index contributed by atoms with van der Waals surface area (Å²) in [6.07, 6.45) is 9.21. The van der Waals surface area contributed by atoms with Gasteiger partial charge in [0.2, 0.25) is 0 Å². The van der Waals surface area contributed by atoms with Crippen molar-refractivity contribution in [3.8, 4) is 0 Å². The fraction of sp³-hybridized carbons (Fsp3) is 0.765. The topological polar surface area (TPSA) is 3.24 Å². The average Bonchev–Trinajstić information content (AvgIpc) is 2.62. The van der Waals surface area contributed by atoms with E-state index in [0.717, 1.165) is 5.66 Å². The zero-order valence-corrected chi connectivity index (χ0v) is 15.0. The normalized spacial score (nSPS) is 18.8. The van der Waals surface area contributed by atoms with Crippen LogP contribution in [0.2, 0.25) is 0 Å². The van der Waals surface area contributed by atoms with Crippen LogP contribution in [0.3, 0.4) is 0 Å². The molecular weight excluding hydrogens is 249 g/mol. The zero-order valence-electron chi connectivity index (χ0n) is 14.1. The molecule has 1 aliphatic carbocycles. The molecule has 1 aliphatic rings. The highest BCUT2D eigenvalue weighted by Gasteiger charge is 2.42. The summed E-state index contributed by atoms with van der Waals surface area (Å²) in [4.78, 5) is 2.36. The van der Waals surface area contributed by atoms with Crippen molar-refractivity contribution in [2.75, 3.05) is 20.6 Å².